The predicted molar refractivity (Wildman–Crippen MR) is 152 cm³/mol. The van der Waals surface area contributed by atoms with E-state index in [4.69, 9.17) is 23.9 Å². The number of pyridine rings is 1. The Morgan fingerprint density at radius 1 is 1.08 bits per heavy atom. The van der Waals surface area contributed by atoms with Gasteiger partial charge in [-0.1, -0.05) is 26.8 Å². The molecule has 2 aromatic heterocycles. The third-order valence-corrected chi connectivity index (χ3v) is 13.3. The summed E-state index contributed by atoms with van der Waals surface area (Å²) in [7, 11) is -1.85. The van der Waals surface area contributed by atoms with Crippen LogP contribution in [-0.4, -0.2) is 47.9 Å². The fourth-order valence-electron chi connectivity index (χ4n) is 5.42. The van der Waals surface area contributed by atoms with E-state index < -0.39 is 8.32 Å². The SMILES string of the molecule is Cc1cccc(-c2[nH]c(C3(CCO)CCC(O[Si](C)(C)C(C)(C)C)CC3)nc2-c2ccc3c(c2)OCO3)n1. The van der Waals surface area contributed by atoms with Gasteiger partial charge in [0.05, 0.1) is 17.1 Å². The molecule has 1 aliphatic carbocycles. The van der Waals surface area contributed by atoms with Crippen molar-refractivity contribution in [3.05, 3.63) is 47.9 Å². The minimum absolute atomic E-state index is 0.117. The van der Waals surface area contributed by atoms with Crippen molar-refractivity contribution in [2.24, 2.45) is 0 Å². The van der Waals surface area contributed by atoms with Crippen molar-refractivity contribution in [2.45, 2.75) is 89.5 Å². The Labute approximate surface area is 227 Å². The number of rotatable bonds is 7. The molecule has 5 rings (SSSR count). The molecule has 0 amide bonds. The van der Waals surface area contributed by atoms with Crippen LogP contribution in [0.1, 0.15) is 64.4 Å². The van der Waals surface area contributed by atoms with E-state index in [-0.39, 0.29) is 30.0 Å². The zero-order valence-electron chi connectivity index (χ0n) is 23.6. The predicted octanol–water partition coefficient (Wildman–Crippen LogP) is 6.76. The monoisotopic (exact) mass is 535 g/mol. The van der Waals surface area contributed by atoms with Crippen LogP contribution in [0.15, 0.2) is 36.4 Å². The van der Waals surface area contributed by atoms with Gasteiger partial charge in [-0.05, 0) is 87.5 Å². The average Bonchev–Trinajstić information content (AvgIpc) is 3.52. The Balaban J connectivity index is 1.51. The quantitative estimate of drug-likeness (QED) is 0.325. The molecule has 0 spiro atoms. The molecule has 7 nitrogen and oxygen atoms in total. The third-order valence-electron chi connectivity index (χ3n) is 8.74. The van der Waals surface area contributed by atoms with E-state index in [2.05, 4.69) is 38.8 Å². The number of nitrogens with one attached hydrogen (secondary N) is 1. The number of aryl methyl sites for hydroxylation is 1. The number of benzene rings is 1. The van der Waals surface area contributed by atoms with Crippen LogP contribution in [0.5, 0.6) is 11.5 Å². The zero-order valence-corrected chi connectivity index (χ0v) is 24.6. The van der Waals surface area contributed by atoms with Crippen LogP contribution < -0.4 is 9.47 Å². The first-order valence-corrected chi connectivity index (χ1v) is 16.7. The van der Waals surface area contributed by atoms with Crippen molar-refractivity contribution in [3.8, 4) is 34.1 Å². The number of aliphatic hydroxyl groups is 1. The third kappa shape index (κ3) is 5.14. The average molecular weight is 536 g/mol. The second-order valence-corrected chi connectivity index (χ2v) is 17.1. The topological polar surface area (TPSA) is 89.5 Å². The first-order chi connectivity index (χ1) is 18.0. The highest BCUT2D eigenvalue weighted by atomic mass is 28.4. The van der Waals surface area contributed by atoms with E-state index in [0.29, 0.717) is 6.42 Å². The van der Waals surface area contributed by atoms with Crippen LogP contribution >= 0.6 is 0 Å². The van der Waals surface area contributed by atoms with Crippen molar-refractivity contribution in [1.29, 1.82) is 0 Å². The van der Waals surface area contributed by atoms with Crippen molar-refractivity contribution >= 4 is 8.32 Å². The summed E-state index contributed by atoms with van der Waals surface area (Å²) in [5.74, 6) is 2.39. The first-order valence-electron chi connectivity index (χ1n) is 13.7. The molecule has 0 unspecified atom stereocenters. The Morgan fingerprint density at radius 3 is 2.50 bits per heavy atom. The van der Waals surface area contributed by atoms with Crippen LogP contribution in [0.2, 0.25) is 18.1 Å². The number of aromatic amines is 1. The van der Waals surface area contributed by atoms with Crippen LogP contribution in [0, 0.1) is 6.92 Å². The molecule has 1 saturated carbocycles. The molecule has 1 fully saturated rings. The summed E-state index contributed by atoms with van der Waals surface area (Å²) >= 11 is 0. The lowest BCUT2D eigenvalue weighted by Gasteiger charge is -2.44. The summed E-state index contributed by atoms with van der Waals surface area (Å²) in [6.45, 7) is 13.9. The molecule has 1 aliphatic heterocycles. The van der Waals surface area contributed by atoms with Gasteiger partial charge in [0.1, 0.15) is 5.82 Å². The Hall–Kier alpha value is -2.68. The molecule has 38 heavy (non-hydrogen) atoms. The van der Waals surface area contributed by atoms with Gasteiger partial charge in [0, 0.05) is 29.4 Å². The molecule has 1 aromatic carbocycles. The minimum atomic E-state index is -1.85. The van der Waals surface area contributed by atoms with E-state index in [1.807, 2.05) is 43.3 Å². The Kier molecular flexibility index (Phi) is 7.17. The number of imidazole rings is 1. The van der Waals surface area contributed by atoms with Gasteiger partial charge in [-0.3, -0.25) is 4.98 Å². The summed E-state index contributed by atoms with van der Waals surface area (Å²) < 4.78 is 18.0. The maximum absolute atomic E-state index is 10.1. The number of hydrogen-bond acceptors (Lipinski definition) is 6. The molecule has 3 aromatic rings. The molecule has 2 N–H and O–H groups in total. The number of hydrogen-bond donors (Lipinski definition) is 2. The van der Waals surface area contributed by atoms with Crippen LogP contribution in [0.3, 0.4) is 0 Å². The lowest BCUT2D eigenvalue weighted by Crippen LogP contribution is -2.46. The number of nitrogens with zero attached hydrogens (tertiary/aromatic N) is 2. The van der Waals surface area contributed by atoms with Crippen LogP contribution in [-0.2, 0) is 9.84 Å². The molecular formula is C30H41N3O4Si. The molecule has 0 saturated heterocycles. The molecule has 0 atom stereocenters. The van der Waals surface area contributed by atoms with Gasteiger partial charge in [-0.15, -0.1) is 0 Å². The van der Waals surface area contributed by atoms with Crippen molar-refractivity contribution < 1.29 is 19.0 Å². The largest absolute Gasteiger partial charge is 0.454 e. The van der Waals surface area contributed by atoms with Crippen LogP contribution in [0.25, 0.3) is 22.6 Å². The van der Waals surface area contributed by atoms with Crippen LogP contribution in [0.4, 0.5) is 0 Å². The Morgan fingerprint density at radius 2 is 1.82 bits per heavy atom. The van der Waals surface area contributed by atoms with Gasteiger partial charge in [0.15, 0.2) is 19.8 Å². The standard InChI is InChI=1S/C30H41N3O4Si/c1-20-8-7-9-23(31-20)27-26(21-10-11-24-25(18-21)36-19-35-24)32-28(33-27)30(16-17-34)14-12-22(13-15-30)37-38(5,6)29(2,3)4/h7-11,18,22,34H,12-17,19H2,1-6H3,(H,32,33). The molecular weight excluding hydrogens is 494 g/mol. The molecule has 0 bridgehead atoms. The minimum Gasteiger partial charge on any atom is -0.454 e. The van der Waals surface area contributed by atoms with Crippen molar-refractivity contribution in [3.63, 3.8) is 0 Å². The smallest absolute Gasteiger partial charge is 0.231 e. The number of fused-ring (bicyclic) bond motifs is 1. The summed E-state index contributed by atoms with van der Waals surface area (Å²) in [6, 6.07) is 12.0. The highest BCUT2D eigenvalue weighted by molar-refractivity contribution is 6.74. The fourth-order valence-corrected chi connectivity index (χ4v) is 6.84. The maximum Gasteiger partial charge on any atom is 0.231 e. The van der Waals surface area contributed by atoms with E-state index in [9.17, 15) is 5.11 Å². The molecule has 0 radical (unpaired) electrons. The zero-order chi connectivity index (χ0) is 27.1. The molecule has 204 valence electrons. The summed E-state index contributed by atoms with van der Waals surface area (Å²) in [5.41, 5.74) is 4.24. The van der Waals surface area contributed by atoms with Crippen molar-refractivity contribution in [2.75, 3.05) is 13.4 Å². The first kappa shape index (κ1) is 26.9. The van der Waals surface area contributed by atoms with E-state index in [1.54, 1.807) is 0 Å². The number of ether oxygens (including phenoxy) is 2. The number of aromatic nitrogens is 3. The normalized spacial score (nSPS) is 21.6. The molecule has 2 aliphatic rings. The number of aliphatic hydroxyl groups excluding tert-OH is 1. The maximum atomic E-state index is 10.1. The molecule has 8 heteroatoms. The highest BCUT2D eigenvalue weighted by Gasteiger charge is 2.44. The molecule has 3 heterocycles. The summed E-state index contributed by atoms with van der Waals surface area (Å²) in [5, 5.41) is 10.3. The summed E-state index contributed by atoms with van der Waals surface area (Å²) in [4.78, 5) is 13.7. The van der Waals surface area contributed by atoms with E-state index >= 15 is 0 Å². The second-order valence-electron chi connectivity index (χ2n) is 12.4. The van der Waals surface area contributed by atoms with Gasteiger partial charge in [-0.2, -0.15) is 0 Å². The number of H-pyrrole nitrogens is 1. The van der Waals surface area contributed by atoms with Gasteiger partial charge in [0.25, 0.3) is 0 Å². The van der Waals surface area contributed by atoms with Crippen molar-refractivity contribution in [1.82, 2.24) is 15.0 Å². The van der Waals surface area contributed by atoms with E-state index in [1.165, 1.54) is 0 Å². The van der Waals surface area contributed by atoms with Gasteiger partial charge in [0.2, 0.25) is 6.79 Å². The lowest BCUT2D eigenvalue weighted by atomic mass is 9.70. The van der Waals surface area contributed by atoms with Gasteiger partial charge in [-0.25, -0.2) is 4.98 Å². The van der Waals surface area contributed by atoms with Gasteiger partial charge < -0.3 is 24.0 Å². The summed E-state index contributed by atoms with van der Waals surface area (Å²) in [6.07, 6.45) is 4.68. The van der Waals surface area contributed by atoms with Gasteiger partial charge >= 0.3 is 0 Å². The highest BCUT2D eigenvalue weighted by Crippen LogP contribution is 2.46. The Bertz CT molecular complexity index is 1290. The fraction of sp³-hybridized carbons (Fsp3) is 0.533. The van der Waals surface area contributed by atoms with E-state index in [0.717, 1.165) is 71.3 Å². The lowest BCUT2D eigenvalue weighted by molar-refractivity contribution is 0.0876. The second kappa shape index (κ2) is 10.1.